The number of aliphatic hydroxyl groups excluding tert-OH is 1. The van der Waals surface area contributed by atoms with Gasteiger partial charge in [0, 0.05) is 12.1 Å². The van der Waals surface area contributed by atoms with E-state index < -0.39 is 23.9 Å². The number of hydrogen-bond donors (Lipinski definition) is 2. The van der Waals surface area contributed by atoms with Gasteiger partial charge in [-0.05, 0) is 30.9 Å². The lowest BCUT2D eigenvalue weighted by Crippen LogP contribution is -2.30. The van der Waals surface area contributed by atoms with Gasteiger partial charge in [-0.1, -0.05) is 13.0 Å². The van der Waals surface area contributed by atoms with Crippen LogP contribution in [0.1, 0.15) is 42.6 Å². The van der Waals surface area contributed by atoms with Crippen molar-refractivity contribution in [1.29, 1.82) is 0 Å². The van der Waals surface area contributed by atoms with E-state index in [9.17, 15) is 28.2 Å². The lowest BCUT2D eigenvalue weighted by molar-refractivity contribution is -0.138. The largest absolute Gasteiger partial charge is 0.465 e. The van der Waals surface area contributed by atoms with E-state index in [1.807, 2.05) is 0 Å². The highest BCUT2D eigenvalue weighted by molar-refractivity contribution is 5.88. The van der Waals surface area contributed by atoms with E-state index in [1.165, 1.54) is 6.07 Å². The summed E-state index contributed by atoms with van der Waals surface area (Å²) in [7, 11) is 0. The first-order valence-electron chi connectivity index (χ1n) is 6.68. The molecule has 1 heterocycles. The van der Waals surface area contributed by atoms with Gasteiger partial charge in [-0.3, -0.25) is 4.90 Å². The monoisotopic (exact) mass is 303 g/mol. The Bertz CT molecular complexity index is 557. The molecule has 0 aliphatic carbocycles. The summed E-state index contributed by atoms with van der Waals surface area (Å²) in [6.45, 7) is 1.66. The number of rotatable bonds is 1. The van der Waals surface area contributed by atoms with Crippen LogP contribution in [-0.2, 0) is 12.6 Å². The molecule has 0 radical (unpaired) electrons. The van der Waals surface area contributed by atoms with Crippen molar-refractivity contribution in [2.45, 2.75) is 38.5 Å². The smallest absolute Gasteiger partial charge is 0.416 e. The van der Waals surface area contributed by atoms with Gasteiger partial charge in [0.25, 0.3) is 0 Å². The van der Waals surface area contributed by atoms with Gasteiger partial charge in [0.15, 0.2) is 0 Å². The first-order chi connectivity index (χ1) is 9.75. The maximum atomic E-state index is 13.1. The molecule has 0 bridgehead atoms. The summed E-state index contributed by atoms with van der Waals surface area (Å²) in [6, 6.07) is 2.13. The average molecular weight is 303 g/mol. The van der Waals surface area contributed by atoms with Crippen LogP contribution in [0.2, 0.25) is 0 Å². The fourth-order valence-corrected chi connectivity index (χ4v) is 2.63. The third kappa shape index (κ3) is 2.97. The second-order valence-electron chi connectivity index (χ2n) is 5.01. The van der Waals surface area contributed by atoms with Gasteiger partial charge >= 0.3 is 12.3 Å². The molecule has 2 rings (SSSR count). The van der Waals surface area contributed by atoms with Crippen molar-refractivity contribution in [1.82, 2.24) is 0 Å². The molecule has 0 saturated carbocycles. The van der Waals surface area contributed by atoms with E-state index in [4.69, 9.17) is 0 Å². The van der Waals surface area contributed by atoms with Crippen molar-refractivity contribution in [3.63, 3.8) is 0 Å². The molecule has 1 aliphatic heterocycles. The van der Waals surface area contributed by atoms with Crippen LogP contribution in [0, 0.1) is 0 Å². The van der Waals surface area contributed by atoms with Crippen molar-refractivity contribution in [3.05, 3.63) is 28.8 Å². The molecule has 1 aromatic carbocycles. The highest BCUT2D eigenvalue weighted by Gasteiger charge is 2.36. The summed E-state index contributed by atoms with van der Waals surface area (Å²) in [4.78, 5) is 12.1. The zero-order chi connectivity index (χ0) is 15.8. The first-order valence-corrected chi connectivity index (χ1v) is 6.68. The van der Waals surface area contributed by atoms with Gasteiger partial charge in [-0.2, -0.15) is 13.2 Å². The lowest BCUT2D eigenvalue weighted by atomic mass is 9.96. The Morgan fingerprint density at radius 2 is 2.10 bits per heavy atom. The van der Waals surface area contributed by atoms with E-state index in [0.717, 1.165) is 11.0 Å². The Morgan fingerprint density at radius 3 is 2.62 bits per heavy atom. The third-order valence-corrected chi connectivity index (χ3v) is 3.68. The van der Waals surface area contributed by atoms with Gasteiger partial charge in [-0.15, -0.1) is 0 Å². The van der Waals surface area contributed by atoms with E-state index in [1.54, 1.807) is 6.92 Å². The first kappa shape index (κ1) is 15.6. The number of carboxylic acid groups (broad SMARTS) is 1. The zero-order valence-corrected chi connectivity index (χ0v) is 11.4. The van der Waals surface area contributed by atoms with Crippen LogP contribution in [0.15, 0.2) is 12.1 Å². The molecule has 21 heavy (non-hydrogen) atoms. The molecule has 1 amide bonds. The van der Waals surface area contributed by atoms with E-state index in [0.29, 0.717) is 12.8 Å². The molecule has 0 aromatic heterocycles. The summed E-state index contributed by atoms with van der Waals surface area (Å²) < 4.78 is 39.3. The molecule has 1 aliphatic rings. The summed E-state index contributed by atoms with van der Waals surface area (Å²) in [5, 5.41) is 19.2. The Morgan fingerprint density at radius 1 is 1.43 bits per heavy atom. The van der Waals surface area contributed by atoms with Crippen molar-refractivity contribution in [2.75, 3.05) is 11.4 Å². The highest BCUT2D eigenvalue weighted by Crippen LogP contribution is 2.40. The molecule has 1 aromatic rings. The number of anilines is 1. The molecule has 1 atom stereocenters. The third-order valence-electron chi connectivity index (χ3n) is 3.68. The number of aliphatic hydroxyl groups is 1. The number of aryl methyl sites for hydroxylation is 1. The van der Waals surface area contributed by atoms with Crippen LogP contribution >= 0.6 is 0 Å². The fraction of sp³-hybridized carbons (Fsp3) is 0.500. The van der Waals surface area contributed by atoms with Crippen LogP contribution in [0.25, 0.3) is 0 Å². The number of alkyl halides is 3. The molecule has 0 fully saturated rings. The van der Waals surface area contributed by atoms with Crippen LogP contribution in [-0.4, -0.2) is 22.9 Å². The Labute approximate surface area is 119 Å². The van der Waals surface area contributed by atoms with Crippen molar-refractivity contribution in [3.8, 4) is 0 Å². The molecule has 2 N–H and O–H groups in total. The maximum Gasteiger partial charge on any atom is 0.416 e. The summed E-state index contributed by atoms with van der Waals surface area (Å²) in [5.74, 6) is 0. The highest BCUT2D eigenvalue weighted by atomic mass is 19.4. The molecule has 0 unspecified atom stereocenters. The van der Waals surface area contributed by atoms with E-state index in [-0.39, 0.29) is 29.8 Å². The van der Waals surface area contributed by atoms with Gasteiger partial charge in [0.1, 0.15) is 0 Å². The zero-order valence-electron chi connectivity index (χ0n) is 11.4. The predicted molar refractivity (Wildman–Crippen MR) is 70.4 cm³/mol. The molecule has 7 heteroatoms. The fourth-order valence-electron chi connectivity index (χ4n) is 2.63. The summed E-state index contributed by atoms with van der Waals surface area (Å²) in [5.41, 5.74) is -0.603. The second-order valence-corrected chi connectivity index (χ2v) is 5.01. The second kappa shape index (κ2) is 5.55. The van der Waals surface area contributed by atoms with Gasteiger partial charge in [-0.25, -0.2) is 4.79 Å². The quantitative estimate of drug-likeness (QED) is 0.833. The number of carbonyl (C=O) groups is 1. The average Bonchev–Trinajstić information content (AvgIpc) is 2.55. The number of nitrogens with zero attached hydrogens (tertiary/aromatic N) is 1. The molecular formula is C14H16F3NO3. The van der Waals surface area contributed by atoms with Gasteiger partial charge in [0.05, 0.1) is 17.4 Å². The van der Waals surface area contributed by atoms with Crippen molar-refractivity contribution >= 4 is 11.8 Å². The normalized spacial score (nSPS) is 19.1. The molecule has 4 nitrogen and oxygen atoms in total. The minimum absolute atomic E-state index is 0.0625. The van der Waals surface area contributed by atoms with Gasteiger partial charge < -0.3 is 10.2 Å². The minimum Gasteiger partial charge on any atom is -0.465 e. The Balaban J connectivity index is 2.68. The number of amides is 1. The number of benzene rings is 1. The van der Waals surface area contributed by atoms with E-state index >= 15 is 0 Å². The molecule has 0 saturated heterocycles. The molecule has 116 valence electrons. The topological polar surface area (TPSA) is 60.8 Å². The summed E-state index contributed by atoms with van der Waals surface area (Å²) >= 11 is 0. The van der Waals surface area contributed by atoms with Crippen LogP contribution in [0.3, 0.4) is 0 Å². The maximum absolute atomic E-state index is 13.1. The van der Waals surface area contributed by atoms with Crippen LogP contribution < -0.4 is 4.90 Å². The SMILES string of the molecule is CCc1cc2c(cc1C(F)(F)F)N(C(=O)O)CCC[C@H]2O. The van der Waals surface area contributed by atoms with Crippen molar-refractivity contribution < 1.29 is 28.2 Å². The van der Waals surface area contributed by atoms with Crippen LogP contribution in [0.5, 0.6) is 0 Å². The Kier molecular flexibility index (Phi) is 4.13. The van der Waals surface area contributed by atoms with Crippen LogP contribution in [0.4, 0.5) is 23.7 Å². The minimum atomic E-state index is -4.55. The van der Waals surface area contributed by atoms with Crippen molar-refractivity contribution in [2.24, 2.45) is 0 Å². The predicted octanol–water partition coefficient (Wildman–Crippen LogP) is 3.58. The lowest BCUT2D eigenvalue weighted by Gasteiger charge is -2.23. The number of hydrogen-bond acceptors (Lipinski definition) is 2. The van der Waals surface area contributed by atoms with Gasteiger partial charge in [0.2, 0.25) is 0 Å². The number of halogens is 3. The van der Waals surface area contributed by atoms with E-state index in [2.05, 4.69) is 0 Å². The summed E-state index contributed by atoms with van der Waals surface area (Å²) in [6.07, 6.45) is -5.94. The Hall–Kier alpha value is -1.76. The molecule has 0 spiro atoms. The number of fused-ring (bicyclic) bond motifs is 1. The standard InChI is InChI=1S/C14H16F3NO3/c1-2-8-6-9-11(7-10(8)14(15,16)17)18(13(20)21)5-3-4-12(9)19/h6-7,12,19H,2-5H2,1H3,(H,20,21)/t12-/m1/s1. The molecular weight excluding hydrogens is 287 g/mol.